The van der Waals surface area contributed by atoms with Gasteiger partial charge < -0.3 is 9.47 Å². The molecule has 0 heterocycles. The van der Waals surface area contributed by atoms with Crippen LogP contribution in [-0.4, -0.2) is 38.2 Å². The maximum atomic E-state index is 14.4. The van der Waals surface area contributed by atoms with Crippen LogP contribution in [-0.2, 0) is 9.47 Å². The van der Waals surface area contributed by atoms with Crippen LogP contribution in [0.2, 0.25) is 0 Å². The van der Waals surface area contributed by atoms with Crippen molar-refractivity contribution in [1.82, 2.24) is 0 Å². The van der Waals surface area contributed by atoms with Crippen molar-refractivity contribution in [3.8, 4) is 0 Å². The average molecular weight is 670 g/mol. The highest BCUT2D eigenvalue weighted by Crippen LogP contribution is 2.48. The Hall–Kier alpha value is -5.11. The Morgan fingerprint density at radius 1 is 0.652 bits per heavy atom. The van der Waals surface area contributed by atoms with E-state index in [0.717, 1.165) is 0 Å². The standard InChI is InChI=1S/C25H24F6N4O11/c1-5-11(3)15-7-13(32(37)38)9-17(34(41)42)19(15)21(24(26,27)28)45-23(36)46-22(25(29,30)31)20-16(12(4)6-2)8-14(33(39)40)10-18(20)35(43)44/h7-12,21-22H,5-6H2,1-4H3. The van der Waals surface area contributed by atoms with E-state index in [1.807, 2.05) is 0 Å². The second-order valence-electron chi connectivity index (χ2n) is 9.91. The van der Waals surface area contributed by atoms with Crippen molar-refractivity contribution in [2.24, 2.45) is 0 Å². The Labute approximate surface area is 253 Å². The number of nitrogens with zero attached hydrogens (tertiary/aromatic N) is 4. The lowest BCUT2D eigenvalue weighted by Crippen LogP contribution is -2.32. The molecule has 46 heavy (non-hydrogen) atoms. The second kappa shape index (κ2) is 13.9. The van der Waals surface area contributed by atoms with Crippen LogP contribution in [0.3, 0.4) is 0 Å². The number of rotatable bonds is 12. The number of nitro groups is 4. The third kappa shape index (κ3) is 8.13. The molecule has 252 valence electrons. The number of non-ortho nitro benzene ring substituents is 2. The normalized spacial score (nSPS) is 14.5. The summed E-state index contributed by atoms with van der Waals surface area (Å²) in [5.41, 5.74) is -9.33. The SMILES string of the molecule is CCC(C)c1cc([N+](=O)[O-])cc([N+](=O)[O-])c1C(OC(=O)OC(c1c(C(C)CC)cc([N+](=O)[O-])cc1[N+](=O)[O-])C(F)(F)F)C(F)(F)F. The smallest absolute Gasteiger partial charge is 0.416 e. The topological polar surface area (TPSA) is 208 Å². The minimum absolute atomic E-state index is 0.0569. The maximum absolute atomic E-state index is 14.4. The molecule has 0 fully saturated rings. The zero-order chi connectivity index (χ0) is 35.5. The van der Waals surface area contributed by atoms with Gasteiger partial charge in [0.25, 0.3) is 22.7 Å². The number of ether oxygens (including phenoxy) is 2. The van der Waals surface area contributed by atoms with Gasteiger partial charge in [0.15, 0.2) is 0 Å². The summed E-state index contributed by atoms with van der Waals surface area (Å²) in [5.74, 6) is -2.16. The largest absolute Gasteiger partial charge is 0.510 e. The predicted molar refractivity (Wildman–Crippen MR) is 142 cm³/mol. The summed E-state index contributed by atoms with van der Waals surface area (Å²) in [4.78, 5) is 53.7. The average Bonchev–Trinajstić information content (AvgIpc) is 2.95. The van der Waals surface area contributed by atoms with E-state index in [0.29, 0.717) is 12.1 Å². The summed E-state index contributed by atoms with van der Waals surface area (Å²) in [7, 11) is 0. The predicted octanol–water partition coefficient (Wildman–Crippen LogP) is 8.41. The fraction of sp³-hybridized carbons (Fsp3) is 0.480. The fourth-order valence-corrected chi connectivity index (χ4v) is 4.43. The van der Waals surface area contributed by atoms with Gasteiger partial charge in [0, 0.05) is 12.1 Å². The summed E-state index contributed by atoms with van der Waals surface area (Å²) in [6.07, 6.45) is -21.8. The first kappa shape index (κ1) is 37.1. The lowest BCUT2D eigenvalue weighted by atomic mass is 9.89. The quantitative estimate of drug-likeness (QED) is 0.0905. The Balaban J connectivity index is 2.84. The second-order valence-corrected chi connectivity index (χ2v) is 9.91. The van der Waals surface area contributed by atoms with Crippen molar-refractivity contribution in [2.75, 3.05) is 0 Å². The van der Waals surface area contributed by atoms with Gasteiger partial charge in [-0.25, -0.2) is 4.79 Å². The minimum Gasteiger partial charge on any atom is -0.416 e. The van der Waals surface area contributed by atoms with Crippen molar-refractivity contribution >= 4 is 28.9 Å². The van der Waals surface area contributed by atoms with Gasteiger partial charge in [0.05, 0.1) is 43.0 Å². The molecule has 4 unspecified atom stereocenters. The fourth-order valence-electron chi connectivity index (χ4n) is 4.43. The number of benzene rings is 2. The van der Waals surface area contributed by atoms with Crippen LogP contribution < -0.4 is 0 Å². The van der Waals surface area contributed by atoms with Crippen molar-refractivity contribution < 1.29 is 60.3 Å². The molecule has 0 saturated heterocycles. The molecule has 0 aliphatic rings. The van der Waals surface area contributed by atoms with E-state index in [-0.39, 0.29) is 25.0 Å². The van der Waals surface area contributed by atoms with E-state index in [4.69, 9.17) is 0 Å². The van der Waals surface area contributed by atoms with Crippen LogP contribution in [0, 0.1) is 40.5 Å². The van der Waals surface area contributed by atoms with Crippen LogP contribution >= 0.6 is 0 Å². The number of alkyl halides is 6. The zero-order valence-electron chi connectivity index (χ0n) is 24.1. The van der Waals surface area contributed by atoms with Crippen LogP contribution in [0.5, 0.6) is 0 Å². The molecule has 0 spiro atoms. The number of carbonyl (C=O) groups is 1. The van der Waals surface area contributed by atoms with Gasteiger partial charge in [-0.05, 0) is 35.8 Å². The molecule has 0 saturated carbocycles. The molecule has 0 aliphatic carbocycles. The van der Waals surface area contributed by atoms with Gasteiger partial charge in [-0.15, -0.1) is 0 Å². The first-order valence-electron chi connectivity index (χ1n) is 13.0. The number of nitro benzene ring substituents is 4. The molecule has 2 aromatic rings. The van der Waals surface area contributed by atoms with Crippen molar-refractivity contribution in [3.05, 3.63) is 87.0 Å². The van der Waals surface area contributed by atoms with Gasteiger partial charge in [-0.1, -0.05) is 27.7 Å². The van der Waals surface area contributed by atoms with Crippen molar-refractivity contribution in [2.45, 2.75) is 76.9 Å². The summed E-state index contributed by atoms with van der Waals surface area (Å²) in [6.45, 7) is 5.25. The summed E-state index contributed by atoms with van der Waals surface area (Å²) < 4.78 is 94.6. The third-order valence-corrected chi connectivity index (χ3v) is 7.00. The van der Waals surface area contributed by atoms with Gasteiger partial charge in [0.2, 0.25) is 12.2 Å². The summed E-state index contributed by atoms with van der Waals surface area (Å²) in [6, 6.07) is 1.40. The molecule has 0 aromatic heterocycles. The molecule has 0 radical (unpaired) electrons. The summed E-state index contributed by atoms with van der Waals surface area (Å²) in [5, 5.41) is 46.2. The molecule has 0 N–H and O–H groups in total. The van der Waals surface area contributed by atoms with E-state index < -0.39 is 107 Å². The number of halogens is 6. The lowest BCUT2D eigenvalue weighted by molar-refractivity contribution is -0.395. The molecule has 2 aromatic carbocycles. The van der Waals surface area contributed by atoms with Gasteiger partial charge in [0.1, 0.15) is 0 Å². The summed E-state index contributed by atoms with van der Waals surface area (Å²) >= 11 is 0. The first-order chi connectivity index (χ1) is 21.1. The van der Waals surface area contributed by atoms with Crippen LogP contribution in [0.15, 0.2) is 24.3 Å². The van der Waals surface area contributed by atoms with E-state index in [1.54, 1.807) is 0 Å². The van der Waals surface area contributed by atoms with Crippen molar-refractivity contribution in [3.63, 3.8) is 0 Å². The Kier molecular flexibility index (Phi) is 11.2. The molecular weight excluding hydrogens is 646 g/mol. The Morgan fingerprint density at radius 3 is 1.17 bits per heavy atom. The van der Waals surface area contributed by atoms with Crippen LogP contribution in [0.4, 0.5) is 53.9 Å². The highest BCUT2D eigenvalue weighted by molar-refractivity contribution is 5.65. The van der Waals surface area contributed by atoms with E-state index in [1.165, 1.54) is 27.7 Å². The molecule has 21 heteroatoms. The van der Waals surface area contributed by atoms with Crippen molar-refractivity contribution in [1.29, 1.82) is 0 Å². The van der Waals surface area contributed by atoms with Crippen LogP contribution in [0.25, 0.3) is 0 Å². The molecule has 4 atom stereocenters. The number of hydrogen-bond donors (Lipinski definition) is 0. The molecule has 0 aliphatic heterocycles. The van der Waals surface area contributed by atoms with E-state index in [2.05, 4.69) is 9.47 Å². The molecule has 15 nitrogen and oxygen atoms in total. The van der Waals surface area contributed by atoms with E-state index in [9.17, 15) is 71.6 Å². The molecule has 0 bridgehead atoms. The number of carbonyl (C=O) groups excluding carboxylic acids is 1. The number of hydrogen-bond acceptors (Lipinski definition) is 11. The third-order valence-electron chi connectivity index (χ3n) is 7.00. The Bertz CT molecular complexity index is 1440. The molecule has 0 amide bonds. The molecular formula is C25H24F6N4O11. The highest BCUT2D eigenvalue weighted by atomic mass is 19.4. The first-order valence-corrected chi connectivity index (χ1v) is 13.0. The Morgan fingerprint density at radius 2 is 0.957 bits per heavy atom. The van der Waals surface area contributed by atoms with E-state index >= 15 is 0 Å². The van der Waals surface area contributed by atoms with Gasteiger partial charge in [-0.2, -0.15) is 26.3 Å². The van der Waals surface area contributed by atoms with Gasteiger partial charge in [-0.3, -0.25) is 40.5 Å². The lowest BCUT2D eigenvalue weighted by Gasteiger charge is -2.27. The zero-order valence-corrected chi connectivity index (χ0v) is 24.1. The molecule has 2 rings (SSSR count). The van der Waals surface area contributed by atoms with Gasteiger partial charge >= 0.3 is 18.5 Å². The maximum Gasteiger partial charge on any atom is 0.510 e. The van der Waals surface area contributed by atoms with Crippen LogP contribution in [0.1, 0.15) is 86.8 Å². The highest BCUT2D eigenvalue weighted by Gasteiger charge is 2.53. The monoisotopic (exact) mass is 670 g/mol. The minimum atomic E-state index is -5.78.